The van der Waals surface area contributed by atoms with Crippen LogP contribution in [0.15, 0.2) is 0 Å². The largest absolute Gasteiger partial charge is 0.480 e. The maximum atomic E-state index is 12.3. The first-order valence-corrected chi connectivity index (χ1v) is 9.65. The molecule has 11 heteroatoms. The van der Waals surface area contributed by atoms with Crippen LogP contribution >= 0.6 is 24.4 Å². The topological polar surface area (TPSA) is 151 Å². The van der Waals surface area contributed by atoms with Gasteiger partial charge in [0.15, 0.2) is 0 Å². The lowest BCUT2D eigenvalue weighted by atomic mass is 10.1. The van der Waals surface area contributed by atoms with Gasteiger partial charge in [0.2, 0.25) is 17.7 Å². The zero-order valence-electron chi connectivity index (χ0n) is 14.4. The molecule has 0 bridgehead atoms. The van der Waals surface area contributed by atoms with E-state index in [-0.39, 0.29) is 5.75 Å². The van der Waals surface area contributed by atoms with E-state index in [2.05, 4.69) is 28.6 Å². The SMILES string of the molecule is CSCCC(NC(=O)C(C)N)C(=O)NC(C)C(=O)NC(CS)C(=O)O. The van der Waals surface area contributed by atoms with Gasteiger partial charge in [-0.2, -0.15) is 24.4 Å². The Labute approximate surface area is 156 Å². The predicted octanol–water partition coefficient (Wildman–Crippen LogP) is -1.42. The van der Waals surface area contributed by atoms with Crippen LogP contribution in [-0.4, -0.2) is 70.7 Å². The first-order valence-electron chi connectivity index (χ1n) is 7.63. The molecule has 25 heavy (non-hydrogen) atoms. The number of carboxylic acids is 1. The maximum absolute atomic E-state index is 12.3. The highest BCUT2D eigenvalue weighted by atomic mass is 32.2. The number of hydrogen-bond donors (Lipinski definition) is 6. The van der Waals surface area contributed by atoms with Gasteiger partial charge in [0.05, 0.1) is 6.04 Å². The lowest BCUT2D eigenvalue weighted by molar-refractivity contribution is -0.141. The van der Waals surface area contributed by atoms with Crippen molar-refractivity contribution in [3.05, 3.63) is 0 Å². The van der Waals surface area contributed by atoms with Crippen LogP contribution in [-0.2, 0) is 19.2 Å². The molecule has 0 rings (SSSR count). The van der Waals surface area contributed by atoms with Crippen LogP contribution in [0.1, 0.15) is 20.3 Å². The van der Waals surface area contributed by atoms with Crippen molar-refractivity contribution >= 4 is 48.1 Å². The lowest BCUT2D eigenvalue weighted by Gasteiger charge is -2.22. The summed E-state index contributed by atoms with van der Waals surface area (Å²) in [6.07, 6.45) is 2.23. The number of amides is 3. The summed E-state index contributed by atoms with van der Waals surface area (Å²) < 4.78 is 0. The monoisotopic (exact) mass is 394 g/mol. The van der Waals surface area contributed by atoms with Gasteiger partial charge in [-0.25, -0.2) is 4.79 Å². The Hall–Kier alpha value is -1.46. The Morgan fingerprint density at radius 1 is 1.04 bits per heavy atom. The standard InChI is InChI=1S/C14H26N4O5S2/c1-7(15)11(19)17-9(4-5-25-3)13(21)16-8(2)12(20)18-10(6-24)14(22)23/h7-10,24H,4-6,15H2,1-3H3,(H,16,21)(H,17,19)(H,18,20)(H,22,23). The third-order valence-corrected chi connectivity index (χ3v) is 4.22. The number of hydrogen-bond acceptors (Lipinski definition) is 7. The van der Waals surface area contributed by atoms with Crippen molar-refractivity contribution in [1.82, 2.24) is 16.0 Å². The highest BCUT2D eigenvalue weighted by Gasteiger charge is 2.27. The molecule has 3 amide bonds. The average molecular weight is 395 g/mol. The number of nitrogens with one attached hydrogen (secondary N) is 3. The molecule has 4 atom stereocenters. The minimum absolute atomic E-state index is 0.0808. The van der Waals surface area contributed by atoms with E-state index in [1.165, 1.54) is 25.6 Å². The fraction of sp³-hybridized carbons (Fsp3) is 0.714. The first-order chi connectivity index (χ1) is 11.6. The van der Waals surface area contributed by atoms with Gasteiger partial charge in [-0.3, -0.25) is 14.4 Å². The molecule has 0 fully saturated rings. The Bertz CT molecular complexity index is 490. The summed E-state index contributed by atoms with van der Waals surface area (Å²) >= 11 is 5.36. The molecule has 144 valence electrons. The number of thiol groups is 1. The van der Waals surface area contributed by atoms with Crippen LogP contribution in [0.3, 0.4) is 0 Å². The molecule has 0 aliphatic rings. The quantitative estimate of drug-likeness (QED) is 0.235. The molecule has 0 aromatic rings. The highest BCUT2D eigenvalue weighted by molar-refractivity contribution is 7.98. The van der Waals surface area contributed by atoms with Crippen molar-refractivity contribution in [2.45, 2.75) is 44.4 Å². The number of rotatable bonds is 11. The van der Waals surface area contributed by atoms with E-state index >= 15 is 0 Å². The third-order valence-electron chi connectivity index (χ3n) is 3.21. The summed E-state index contributed by atoms with van der Waals surface area (Å²) in [6.45, 7) is 2.92. The van der Waals surface area contributed by atoms with Crippen LogP contribution in [0.4, 0.5) is 0 Å². The molecule has 0 aliphatic heterocycles. The molecule has 0 aliphatic carbocycles. The fourth-order valence-electron chi connectivity index (χ4n) is 1.67. The molecule has 0 radical (unpaired) electrons. The molecule has 4 unspecified atom stereocenters. The van der Waals surface area contributed by atoms with Crippen molar-refractivity contribution in [2.24, 2.45) is 5.73 Å². The molecular formula is C14H26N4O5S2. The maximum Gasteiger partial charge on any atom is 0.327 e. The molecule has 9 nitrogen and oxygen atoms in total. The van der Waals surface area contributed by atoms with E-state index in [0.717, 1.165) is 0 Å². The van der Waals surface area contributed by atoms with E-state index in [9.17, 15) is 19.2 Å². The van der Waals surface area contributed by atoms with Gasteiger partial charge < -0.3 is 26.8 Å². The second kappa shape index (κ2) is 12.0. The molecule has 0 saturated carbocycles. The molecule has 0 aromatic carbocycles. The smallest absolute Gasteiger partial charge is 0.327 e. The summed E-state index contributed by atoms with van der Waals surface area (Å²) in [6, 6.07) is -3.73. The van der Waals surface area contributed by atoms with Gasteiger partial charge in [-0.05, 0) is 32.3 Å². The van der Waals surface area contributed by atoms with Crippen LogP contribution in [0, 0.1) is 0 Å². The second-order valence-electron chi connectivity index (χ2n) is 5.44. The summed E-state index contributed by atoms with van der Waals surface area (Å²) in [4.78, 5) is 46.9. The Balaban J connectivity index is 4.81. The van der Waals surface area contributed by atoms with Crippen molar-refractivity contribution in [3.63, 3.8) is 0 Å². The zero-order valence-corrected chi connectivity index (χ0v) is 16.2. The predicted molar refractivity (Wildman–Crippen MR) is 99.6 cm³/mol. The fourth-order valence-corrected chi connectivity index (χ4v) is 2.39. The minimum atomic E-state index is -1.22. The number of carbonyl (C=O) groups excluding carboxylic acids is 3. The number of carbonyl (C=O) groups is 4. The number of thioether (sulfide) groups is 1. The second-order valence-corrected chi connectivity index (χ2v) is 6.79. The first kappa shape index (κ1) is 23.5. The van der Waals surface area contributed by atoms with Crippen molar-refractivity contribution in [1.29, 1.82) is 0 Å². The average Bonchev–Trinajstić information content (AvgIpc) is 2.54. The van der Waals surface area contributed by atoms with Crippen LogP contribution < -0.4 is 21.7 Å². The minimum Gasteiger partial charge on any atom is -0.480 e. The molecule has 0 heterocycles. The highest BCUT2D eigenvalue weighted by Crippen LogP contribution is 2.02. The van der Waals surface area contributed by atoms with Gasteiger partial charge in [0, 0.05) is 5.75 Å². The Kier molecular flexibility index (Phi) is 11.3. The summed E-state index contributed by atoms with van der Waals surface area (Å²) in [5.41, 5.74) is 5.49. The van der Waals surface area contributed by atoms with Crippen molar-refractivity contribution in [2.75, 3.05) is 17.8 Å². The van der Waals surface area contributed by atoms with Crippen molar-refractivity contribution in [3.8, 4) is 0 Å². The summed E-state index contributed by atoms with van der Waals surface area (Å²) in [5, 5.41) is 16.2. The lowest BCUT2D eigenvalue weighted by Crippen LogP contribution is -2.56. The molecule has 0 aromatic heterocycles. The van der Waals surface area contributed by atoms with E-state index in [1.807, 2.05) is 6.26 Å². The molecule has 0 saturated heterocycles. The van der Waals surface area contributed by atoms with E-state index in [0.29, 0.717) is 12.2 Å². The van der Waals surface area contributed by atoms with Gasteiger partial charge in [0.25, 0.3) is 0 Å². The molecule has 0 spiro atoms. The number of nitrogens with two attached hydrogens (primary N) is 1. The Morgan fingerprint density at radius 2 is 1.60 bits per heavy atom. The van der Waals surface area contributed by atoms with E-state index < -0.39 is 47.9 Å². The summed E-state index contributed by atoms with van der Waals surface area (Å²) in [5.74, 6) is -2.34. The Morgan fingerprint density at radius 3 is 2.04 bits per heavy atom. The van der Waals surface area contributed by atoms with Crippen LogP contribution in [0.5, 0.6) is 0 Å². The van der Waals surface area contributed by atoms with E-state index in [4.69, 9.17) is 10.8 Å². The molecular weight excluding hydrogens is 368 g/mol. The van der Waals surface area contributed by atoms with Crippen molar-refractivity contribution < 1.29 is 24.3 Å². The van der Waals surface area contributed by atoms with Crippen LogP contribution in [0.25, 0.3) is 0 Å². The summed E-state index contributed by atoms with van der Waals surface area (Å²) in [7, 11) is 0. The van der Waals surface area contributed by atoms with Crippen LogP contribution in [0.2, 0.25) is 0 Å². The van der Waals surface area contributed by atoms with Gasteiger partial charge in [0.1, 0.15) is 18.1 Å². The number of aliphatic carboxylic acids is 1. The van der Waals surface area contributed by atoms with E-state index in [1.54, 1.807) is 0 Å². The zero-order chi connectivity index (χ0) is 19.6. The van der Waals surface area contributed by atoms with Gasteiger partial charge in [-0.1, -0.05) is 0 Å². The third kappa shape index (κ3) is 8.98. The number of carboxylic acid groups (broad SMARTS) is 1. The molecule has 6 N–H and O–H groups in total. The normalized spacial score (nSPS) is 15.4. The van der Waals surface area contributed by atoms with Gasteiger partial charge in [-0.15, -0.1) is 0 Å². The van der Waals surface area contributed by atoms with Gasteiger partial charge >= 0.3 is 5.97 Å².